The first-order valence-corrected chi connectivity index (χ1v) is 7.78. The summed E-state index contributed by atoms with van der Waals surface area (Å²) in [6.45, 7) is 0. The average Bonchev–Trinajstić information content (AvgIpc) is 2.68. The van der Waals surface area contributed by atoms with Gasteiger partial charge in [0.05, 0.1) is 11.6 Å². The molecule has 0 atom stereocenters. The van der Waals surface area contributed by atoms with Crippen molar-refractivity contribution in [3.8, 4) is 22.9 Å². The fraction of sp³-hybridized carbons (Fsp3) is 0.0476. The molecule has 3 aromatic carbocycles. The maximum Gasteiger partial charge on any atom is 0.419 e. The van der Waals surface area contributed by atoms with Crippen LogP contribution in [0.15, 0.2) is 78.9 Å². The number of hydrogen-bond acceptors (Lipinski definition) is 3. The summed E-state index contributed by atoms with van der Waals surface area (Å²) in [5.74, 6) is 0.477. The number of ether oxygens (including phenoxy) is 1. The summed E-state index contributed by atoms with van der Waals surface area (Å²) in [5, 5.41) is 8.84. The third-order valence-electron chi connectivity index (χ3n) is 3.82. The molecule has 3 rings (SSSR count). The molecule has 25 heavy (non-hydrogen) atoms. The second-order valence-corrected chi connectivity index (χ2v) is 5.48. The van der Waals surface area contributed by atoms with Crippen LogP contribution in [0, 0.1) is 11.3 Å². The number of hydrogen-bond donors (Lipinski definition) is 0. The van der Waals surface area contributed by atoms with E-state index in [0.29, 0.717) is 11.3 Å². The molecule has 3 aromatic rings. The predicted molar refractivity (Wildman–Crippen MR) is 97.5 cm³/mol. The Morgan fingerprint density at radius 3 is 2.00 bits per heavy atom. The van der Waals surface area contributed by atoms with Gasteiger partial charge in [-0.2, -0.15) is 5.26 Å². The summed E-state index contributed by atoms with van der Waals surface area (Å²) < 4.78 is 5.40. The minimum Gasteiger partial charge on any atom is -0.410 e. The second-order valence-electron chi connectivity index (χ2n) is 5.48. The Morgan fingerprint density at radius 1 is 0.880 bits per heavy atom. The van der Waals surface area contributed by atoms with E-state index in [2.05, 4.69) is 6.07 Å². The lowest BCUT2D eigenvalue weighted by atomic mass is 10.0. The average molecular weight is 328 g/mol. The quantitative estimate of drug-likeness (QED) is 0.690. The summed E-state index contributed by atoms with van der Waals surface area (Å²) in [5.41, 5.74) is 3.37. The van der Waals surface area contributed by atoms with Gasteiger partial charge in [-0.1, -0.05) is 42.5 Å². The van der Waals surface area contributed by atoms with E-state index in [1.54, 1.807) is 31.3 Å². The van der Waals surface area contributed by atoms with Crippen LogP contribution in [0.3, 0.4) is 0 Å². The zero-order valence-electron chi connectivity index (χ0n) is 13.7. The second kappa shape index (κ2) is 7.33. The number of amides is 1. The lowest BCUT2D eigenvalue weighted by Crippen LogP contribution is -2.29. The molecular formula is C21H16N2O2. The molecule has 0 aliphatic rings. The first-order valence-electron chi connectivity index (χ1n) is 7.78. The van der Waals surface area contributed by atoms with Gasteiger partial charge in [0.1, 0.15) is 5.75 Å². The Morgan fingerprint density at radius 2 is 1.44 bits per heavy atom. The molecule has 0 N–H and O–H groups in total. The molecule has 0 saturated heterocycles. The molecule has 0 unspecified atom stereocenters. The van der Waals surface area contributed by atoms with E-state index in [4.69, 9.17) is 10.00 Å². The molecule has 4 nitrogen and oxygen atoms in total. The predicted octanol–water partition coefficient (Wildman–Crippen LogP) is 4.86. The van der Waals surface area contributed by atoms with Crippen molar-refractivity contribution < 1.29 is 9.53 Å². The lowest BCUT2D eigenvalue weighted by molar-refractivity contribution is 0.209. The maximum atomic E-state index is 12.2. The molecule has 122 valence electrons. The van der Waals surface area contributed by atoms with Crippen molar-refractivity contribution >= 4 is 11.8 Å². The van der Waals surface area contributed by atoms with Gasteiger partial charge < -0.3 is 4.74 Å². The number of benzene rings is 3. The molecule has 0 spiro atoms. The number of carbonyl (C=O) groups is 1. The van der Waals surface area contributed by atoms with Gasteiger partial charge in [0.25, 0.3) is 0 Å². The highest BCUT2D eigenvalue weighted by molar-refractivity contribution is 5.88. The topological polar surface area (TPSA) is 53.3 Å². The van der Waals surface area contributed by atoms with E-state index in [9.17, 15) is 4.79 Å². The van der Waals surface area contributed by atoms with Crippen molar-refractivity contribution in [2.75, 3.05) is 11.9 Å². The van der Waals surface area contributed by atoms with Crippen molar-refractivity contribution in [1.29, 1.82) is 5.26 Å². The molecule has 4 heteroatoms. The summed E-state index contributed by atoms with van der Waals surface area (Å²) >= 11 is 0. The summed E-state index contributed by atoms with van der Waals surface area (Å²) in [6.07, 6.45) is -0.447. The Bertz CT molecular complexity index is 895. The van der Waals surface area contributed by atoms with Crippen molar-refractivity contribution in [3.63, 3.8) is 0 Å². The van der Waals surface area contributed by atoms with Gasteiger partial charge in [-0.25, -0.2) is 4.79 Å². The molecule has 0 aliphatic carbocycles. The highest BCUT2D eigenvalue weighted by Crippen LogP contribution is 2.23. The smallest absolute Gasteiger partial charge is 0.410 e. The minimum absolute atomic E-state index is 0.447. The van der Waals surface area contributed by atoms with Crippen LogP contribution >= 0.6 is 0 Å². The Kier molecular flexibility index (Phi) is 4.77. The van der Waals surface area contributed by atoms with Crippen LogP contribution in [0.2, 0.25) is 0 Å². The van der Waals surface area contributed by atoms with E-state index < -0.39 is 6.09 Å². The van der Waals surface area contributed by atoms with Crippen LogP contribution in [-0.4, -0.2) is 13.1 Å². The molecule has 1 amide bonds. The summed E-state index contributed by atoms with van der Waals surface area (Å²) in [4.78, 5) is 13.7. The number of rotatable bonds is 3. The monoisotopic (exact) mass is 328 g/mol. The normalized spacial score (nSPS) is 9.92. The van der Waals surface area contributed by atoms with Crippen molar-refractivity contribution in [2.45, 2.75) is 0 Å². The van der Waals surface area contributed by atoms with Crippen LogP contribution < -0.4 is 9.64 Å². The van der Waals surface area contributed by atoms with Crippen LogP contribution in [0.5, 0.6) is 5.75 Å². The zero-order valence-corrected chi connectivity index (χ0v) is 13.7. The lowest BCUT2D eigenvalue weighted by Gasteiger charge is -2.16. The molecular weight excluding hydrogens is 312 g/mol. The molecule has 0 bridgehead atoms. The van der Waals surface area contributed by atoms with Gasteiger partial charge in [-0.15, -0.1) is 0 Å². The largest absolute Gasteiger partial charge is 0.419 e. The van der Waals surface area contributed by atoms with E-state index in [1.165, 1.54) is 4.90 Å². The molecule has 0 aliphatic heterocycles. The summed E-state index contributed by atoms with van der Waals surface area (Å²) in [6, 6.07) is 26.0. The fourth-order valence-corrected chi connectivity index (χ4v) is 2.38. The van der Waals surface area contributed by atoms with Crippen LogP contribution in [0.25, 0.3) is 11.1 Å². The number of nitrogens with zero attached hydrogens (tertiary/aromatic N) is 2. The van der Waals surface area contributed by atoms with E-state index in [0.717, 1.165) is 16.8 Å². The van der Waals surface area contributed by atoms with Crippen LogP contribution in [0.4, 0.5) is 10.5 Å². The van der Waals surface area contributed by atoms with E-state index in [1.807, 2.05) is 54.6 Å². The summed E-state index contributed by atoms with van der Waals surface area (Å²) in [7, 11) is 1.67. The van der Waals surface area contributed by atoms with Gasteiger partial charge in [-0.05, 0) is 47.5 Å². The molecule has 0 aromatic heterocycles. The third-order valence-corrected chi connectivity index (χ3v) is 3.82. The third kappa shape index (κ3) is 3.85. The zero-order chi connectivity index (χ0) is 17.6. The van der Waals surface area contributed by atoms with Crippen LogP contribution in [0.1, 0.15) is 5.56 Å². The Hall–Kier alpha value is -3.58. The van der Waals surface area contributed by atoms with Gasteiger partial charge >= 0.3 is 6.09 Å². The standard InChI is InChI=1S/C21H16N2O2/c1-23(19-5-3-2-4-6-19)21(24)25-20-13-11-18(12-14-20)17-9-7-16(15-22)8-10-17/h2-14H,1H3. The van der Waals surface area contributed by atoms with Crippen molar-refractivity contribution in [1.82, 2.24) is 0 Å². The van der Waals surface area contributed by atoms with Gasteiger partial charge in [-0.3, -0.25) is 4.90 Å². The number of nitriles is 1. The molecule has 0 saturated carbocycles. The van der Waals surface area contributed by atoms with E-state index >= 15 is 0 Å². The first kappa shape index (κ1) is 16.3. The van der Waals surface area contributed by atoms with Gasteiger partial charge in [0.15, 0.2) is 0 Å². The minimum atomic E-state index is -0.447. The number of anilines is 1. The van der Waals surface area contributed by atoms with Crippen molar-refractivity contribution in [2.24, 2.45) is 0 Å². The van der Waals surface area contributed by atoms with Gasteiger partial charge in [0.2, 0.25) is 0 Å². The highest BCUT2D eigenvalue weighted by atomic mass is 16.6. The Labute approximate surface area is 146 Å². The van der Waals surface area contributed by atoms with Gasteiger partial charge in [0, 0.05) is 12.7 Å². The molecule has 0 heterocycles. The highest BCUT2D eigenvalue weighted by Gasteiger charge is 2.13. The van der Waals surface area contributed by atoms with Crippen molar-refractivity contribution in [3.05, 3.63) is 84.4 Å². The number of para-hydroxylation sites is 1. The van der Waals surface area contributed by atoms with E-state index in [-0.39, 0.29) is 0 Å². The molecule has 0 fully saturated rings. The fourth-order valence-electron chi connectivity index (χ4n) is 2.38. The maximum absolute atomic E-state index is 12.2. The Balaban J connectivity index is 1.70. The van der Waals surface area contributed by atoms with Crippen LogP contribution in [-0.2, 0) is 0 Å². The SMILES string of the molecule is CN(C(=O)Oc1ccc(-c2ccc(C#N)cc2)cc1)c1ccccc1. The molecule has 0 radical (unpaired) electrons. The number of carbonyl (C=O) groups excluding carboxylic acids is 1. The first-order chi connectivity index (χ1) is 12.2.